The Kier molecular flexibility index (Phi) is 6.06. The topological polar surface area (TPSA) is 84.3 Å². The predicted octanol–water partition coefficient (Wildman–Crippen LogP) is 2.77. The van der Waals surface area contributed by atoms with Crippen LogP contribution in [0.15, 0.2) is 30.7 Å². The molecular formula is C20H28N6O2. The second-order valence-electron chi connectivity index (χ2n) is 7.46. The fourth-order valence-electron chi connectivity index (χ4n) is 3.75. The van der Waals surface area contributed by atoms with E-state index < -0.39 is 0 Å². The van der Waals surface area contributed by atoms with E-state index in [-0.39, 0.29) is 12.1 Å². The molecule has 28 heavy (non-hydrogen) atoms. The molecule has 1 atom stereocenters. The van der Waals surface area contributed by atoms with Crippen LogP contribution in [0.1, 0.15) is 37.7 Å². The number of carbonyl (C=O) groups is 1. The molecule has 8 nitrogen and oxygen atoms in total. The Morgan fingerprint density at radius 1 is 1.25 bits per heavy atom. The molecule has 0 aliphatic carbocycles. The van der Waals surface area contributed by atoms with Crippen molar-refractivity contribution < 1.29 is 9.53 Å². The van der Waals surface area contributed by atoms with Gasteiger partial charge in [-0.2, -0.15) is 5.10 Å². The van der Waals surface area contributed by atoms with E-state index in [0.717, 1.165) is 50.5 Å². The Labute approximate surface area is 165 Å². The lowest BCUT2D eigenvalue weighted by atomic mass is 10.1. The quantitative estimate of drug-likeness (QED) is 0.800. The smallest absolute Gasteiger partial charge is 0.319 e. The zero-order valence-corrected chi connectivity index (χ0v) is 16.1. The van der Waals surface area contributed by atoms with Crippen LogP contribution in [0.2, 0.25) is 0 Å². The van der Waals surface area contributed by atoms with Crippen LogP contribution in [0.4, 0.5) is 16.3 Å². The van der Waals surface area contributed by atoms with E-state index >= 15 is 0 Å². The number of aromatic nitrogens is 3. The first kappa shape index (κ1) is 18.7. The number of urea groups is 1. The molecule has 2 aliphatic rings. The molecule has 4 heterocycles. The number of pyridine rings is 1. The molecule has 2 fully saturated rings. The number of hydrogen-bond acceptors (Lipinski definition) is 5. The Balaban J connectivity index is 1.26. The van der Waals surface area contributed by atoms with Crippen molar-refractivity contribution in [1.82, 2.24) is 20.1 Å². The van der Waals surface area contributed by atoms with Crippen LogP contribution in [0.3, 0.4) is 0 Å². The van der Waals surface area contributed by atoms with Gasteiger partial charge in [0.05, 0.1) is 24.5 Å². The Hall–Kier alpha value is -2.61. The second kappa shape index (κ2) is 9.05. The summed E-state index contributed by atoms with van der Waals surface area (Å²) in [5, 5.41) is 10.0. The Morgan fingerprint density at radius 3 is 2.96 bits per heavy atom. The lowest BCUT2D eigenvalue weighted by Gasteiger charge is -2.27. The van der Waals surface area contributed by atoms with Crippen LogP contribution in [0.5, 0.6) is 0 Å². The number of nitrogens with zero attached hydrogens (tertiary/aromatic N) is 4. The van der Waals surface area contributed by atoms with Gasteiger partial charge < -0.3 is 20.3 Å². The van der Waals surface area contributed by atoms with E-state index in [9.17, 15) is 4.79 Å². The van der Waals surface area contributed by atoms with Gasteiger partial charge in [0, 0.05) is 38.6 Å². The molecule has 2 aliphatic heterocycles. The minimum Gasteiger partial charge on any atom is -0.376 e. The predicted molar refractivity (Wildman–Crippen MR) is 107 cm³/mol. The highest BCUT2D eigenvalue weighted by Crippen LogP contribution is 2.18. The summed E-state index contributed by atoms with van der Waals surface area (Å²) in [6.07, 6.45) is 11.4. The normalized spacial score (nSPS) is 19.6. The molecule has 0 aromatic carbocycles. The lowest BCUT2D eigenvalue weighted by Crippen LogP contribution is -2.31. The fourth-order valence-corrected chi connectivity index (χ4v) is 3.75. The maximum atomic E-state index is 12.2. The number of piperidine rings is 1. The van der Waals surface area contributed by atoms with Crippen molar-refractivity contribution in [2.24, 2.45) is 0 Å². The van der Waals surface area contributed by atoms with Gasteiger partial charge >= 0.3 is 6.03 Å². The molecule has 2 aromatic rings. The number of nitrogens with one attached hydrogen (secondary N) is 2. The van der Waals surface area contributed by atoms with Crippen molar-refractivity contribution in [2.75, 3.05) is 29.9 Å². The Bertz CT molecular complexity index is 781. The van der Waals surface area contributed by atoms with Crippen molar-refractivity contribution in [2.45, 2.75) is 51.3 Å². The number of ether oxygens (including phenoxy) is 1. The fraction of sp³-hybridized carbons (Fsp3) is 0.550. The van der Waals surface area contributed by atoms with E-state index in [4.69, 9.17) is 4.74 Å². The molecule has 1 unspecified atom stereocenters. The monoisotopic (exact) mass is 384 g/mol. The highest BCUT2D eigenvalue weighted by atomic mass is 16.5. The molecule has 0 radical (unpaired) electrons. The summed E-state index contributed by atoms with van der Waals surface area (Å²) in [5.74, 6) is 0.995. The van der Waals surface area contributed by atoms with Crippen molar-refractivity contribution >= 4 is 17.5 Å². The SMILES string of the molecule is O=C(NCc1ccnc(N2CCCCC2)c1)Nc1cnn(CC2CCCO2)c1. The largest absolute Gasteiger partial charge is 0.376 e. The van der Waals surface area contributed by atoms with Crippen molar-refractivity contribution in [3.8, 4) is 0 Å². The highest BCUT2D eigenvalue weighted by Gasteiger charge is 2.16. The van der Waals surface area contributed by atoms with Gasteiger partial charge in [0.2, 0.25) is 0 Å². The summed E-state index contributed by atoms with van der Waals surface area (Å²) in [5.41, 5.74) is 1.72. The third kappa shape index (κ3) is 5.01. The van der Waals surface area contributed by atoms with Gasteiger partial charge in [-0.3, -0.25) is 4.68 Å². The second-order valence-corrected chi connectivity index (χ2v) is 7.46. The average molecular weight is 384 g/mol. The molecule has 2 amide bonds. The van der Waals surface area contributed by atoms with Crippen LogP contribution in [-0.4, -0.2) is 46.6 Å². The van der Waals surface area contributed by atoms with Crippen LogP contribution < -0.4 is 15.5 Å². The number of hydrogen-bond donors (Lipinski definition) is 2. The number of amides is 2. The first-order valence-electron chi connectivity index (χ1n) is 10.1. The van der Waals surface area contributed by atoms with Gasteiger partial charge in [0.15, 0.2) is 0 Å². The summed E-state index contributed by atoms with van der Waals surface area (Å²) in [7, 11) is 0. The zero-order chi connectivity index (χ0) is 19.2. The minimum absolute atomic E-state index is 0.224. The Morgan fingerprint density at radius 2 is 2.14 bits per heavy atom. The van der Waals surface area contributed by atoms with Gasteiger partial charge in [-0.05, 0) is 49.8 Å². The van der Waals surface area contributed by atoms with Crippen molar-refractivity contribution in [1.29, 1.82) is 0 Å². The van der Waals surface area contributed by atoms with Crippen LogP contribution in [0.25, 0.3) is 0 Å². The number of rotatable bonds is 6. The standard InChI is InChI=1S/C20H28N6O2/c27-20(24-17-13-23-26(14-17)15-18-5-4-10-28-18)22-12-16-6-7-21-19(11-16)25-8-2-1-3-9-25/h6-7,11,13-14,18H,1-5,8-10,12,15H2,(H2,22,24,27). The zero-order valence-electron chi connectivity index (χ0n) is 16.1. The third-order valence-electron chi connectivity index (χ3n) is 5.25. The van der Waals surface area contributed by atoms with Gasteiger partial charge in [-0.25, -0.2) is 9.78 Å². The minimum atomic E-state index is -0.243. The molecule has 2 aromatic heterocycles. The maximum absolute atomic E-state index is 12.2. The summed E-state index contributed by atoms with van der Waals surface area (Å²) in [4.78, 5) is 19.0. The van der Waals surface area contributed by atoms with Crippen LogP contribution >= 0.6 is 0 Å². The van der Waals surface area contributed by atoms with Gasteiger partial charge in [0.25, 0.3) is 0 Å². The van der Waals surface area contributed by atoms with E-state index in [1.54, 1.807) is 6.20 Å². The van der Waals surface area contributed by atoms with Crippen LogP contribution in [-0.2, 0) is 17.8 Å². The summed E-state index contributed by atoms with van der Waals surface area (Å²) in [6.45, 7) is 4.12. The molecule has 4 rings (SSSR count). The average Bonchev–Trinajstić information content (AvgIpc) is 3.40. The molecule has 0 spiro atoms. The third-order valence-corrected chi connectivity index (χ3v) is 5.25. The molecular weight excluding hydrogens is 356 g/mol. The number of anilines is 2. The molecule has 0 saturated carbocycles. The highest BCUT2D eigenvalue weighted by molar-refractivity contribution is 5.88. The molecule has 150 valence electrons. The molecule has 8 heteroatoms. The summed E-state index contributed by atoms with van der Waals surface area (Å²) >= 11 is 0. The van der Waals surface area contributed by atoms with E-state index in [1.807, 2.05) is 23.1 Å². The summed E-state index contributed by atoms with van der Waals surface area (Å²) in [6, 6.07) is 3.76. The van der Waals surface area contributed by atoms with Gasteiger partial charge in [-0.15, -0.1) is 0 Å². The van der Waals surface area contributed by atoms with Crippen molar-refractivity contribution in [3.63, 3.8) is 0 Å². The maximum Gasteiger partial charge on any atom is 0.319 e. The first-order chi connectivity index (χ1) is 13.8. The lowest BCUT2D eigenvalue weighted by molar-refractivity contribution is 0.0940. The van der Waals surface area contributed by atoms with E-state index in [1.165, 1.54) is 19.3 Å². The van der Waals surface area contributed by atoms with E-state index in [2.05, 4.69) is 31.7 Å². The van der Waals surface area contributed by atoms with Crippen LogP contribution in [0, 0.1) is 0 Å². The molecule has 2 N–H and O–H groups in total. The van der Waals surface area contributed by atoms with Gasteiger partial charge in [-0.1, -0.05) is 0 Å². The number of carbonyl (C=O) groups excluding carboxylic acids is 1. The summed E-state index contributed by atoms with van der Waals surface area (Å²) < 4.78 is 7.44. The van der Waals surface area contributed by atoms with Gasteiger partial charge in [0.1, 0.15) is 5.82 Å². The van der Waals surface area contributed by atoms with E-state index in [0.29, 0.717) is 12.2 Å². The van der Waals surface area contributed by atoms with Crippen molar-refractivity contribution in [3.05, 3.63) is 36.3 Å². The molecule has 2 saturated heterocycles. The first-order valence-corrected chi connectivity index (χ1v) is 10.1. The molecule has 0 bridgehead atoms.